The first-order valence-electron chi connectivity index (χ1n) is 13.4. The van der Waals surface area contributed by atoms with Gasteiger partial charge in [-0.1, -0.05) is 19.9 Å². The highest BCUT2D eigenvalue weighted by Crippen LogP contribution is 2.26. The zero-order chi connectivity index (χ0) is 29.4. The zero-order valence-corrected chi connectivity index (χ0v) is 23.5. The van der Waals surface area contributed by atoms with E-state index < -0.39 is 42.0 Å². The number of aromatic nitrogens is 1. The van der Waals surface area contributed by atoms with Gasteiger partial charge in [-0.2, -0.15) is 5.26 Å². The number of methoxy groups -OCH3 is 1. The summed E-state index contributed by atoms with van der Waals surface area (Å²) >= 11 is 0. The standard InChI is InChI=1S/C28H38N6O6/c1-15(2)11-21(34-27(37)22-13-18-19(32-22)7-6-8-23(18)39-5)26(36)33-20(12-17-9-10-30-25(17)35)24(14-29)40-28(38)31-16(3)4/h6-8,13,15-17,20-21,24,32H,9-12H2,1-5H3,(H,30,35)(H,31,38)(H,33,36)(H,34,37). The lowest BCUT2D eigenvalue weighted by Gasteiger charge is -2.28. The van der Waals surface area contributed by atoms with Crippen LogP contribution < -0.4 is 26.0 Å². The number of carbonyl (C=O) groups excluding carboxylic acids is 4. The van der Waals surface area contributed by atoms with Gasteiger partial charge in [-0.05, 0) is 57.2 Å². The summed E-state index contributed by atoms with van der Waals surface area (Å²) in [5.41, 5.74) is 0.960. The highest BCUT2D eigenvalue weighted by atomic mass is 16.6. The molecule has 1 aromatic heterocycles. The second-order valence-electron chi connectivity index (χ2n) is 10.6. The molecule has 1 fully saturated rings. The molecule has 4 amide bonds. The maximum atomic E-state index is 13.5. The Labute approximate surface area is 233 Å². The minimum atomic E-state index is -1.35. The number of rotatable bonds is 12. The molecule has 0 radical (unpaired) electrons. The fraction of sp³-hybridized carbons (Fsp3) is 0.536. The summed E-state index contributed by atoms with van der Waals surface area (Å²) in [4.78, 5) is 54.4. The van der Waals surface area contributed by atoms with Crippen molar-refractivity contribution in [1.82, 2.24) is 26.3 Å². The number of nitrogens with zero attached hydrogens (tertiary/aromatic N) is 1. The number of alkyl carbamates (subject to hydrolysis) is 1. The molecule has 12 heteroatoms. The normalized spacial score (nSPS) is 17.1. The minimum absolute atomic E-state index is 0.0396. The molecular formula is C28H38N6O6. The van der Waals surface area contributed by atoms with Gasteiger partial charge in [-0.15, -0.1) is 0 Å². The van der Waals surface area contributed by atoms with Gasteiger partial charge in [0.15, 0.2) is 0 Å². The van der Waals surface area contributed by atoms with Gasteiger partial charge in [-0.25, -0.2) is 4.79 Å². The summed E-state index contributed by atoms with van der Waals surface area (Å²) in [5, 5.41) is 21.4. The molecule has 5 N–H and O–H groups in total. The molecule has 0 aliphatic carbocycles. The number of hydrogen-bond donors (Lipinski definition) is 5. The average Bonchev–Trinajstić information content (AvgIpc) is 3.51. The molecule has 1 aliphatic rings. The quantitative estimate of drug-likeness (QED) is 0.268. The number of nitriles is 1. The highest BCUT2D eigenvalue weighted by Gasteiger charge is 2.36. The number of ether oxygens (including phenoxy) is 2. The Hall–Kier alpha value is -4.27. The third-order valence-corrected chi connectivity index (χ3v) is 6.58. The van der Waals surface area contributed by atoms with E-state index in [-0.39, 0.29) is 30.0 Å². The van der Waals surface area contributed by atoms with Crippen molar-refractivity contribution in [1.29, 1.82) is 5.26 Å². The topological polar surface area (TPSA) is 174 Å². The van der Waals surface area contributed by atoms with E-state index in [1.54, 1.807) is 39.2 Å². The van der Waals surface area contributed by atoms with Crippen molar-refractivity contribution in [3.63, 3.8) is 0 Å². The van der Waals surface area contributed by atoms with E-state index in [4.69, 9.17) is 9.47 Å². The molecule has 4 unspecified atom stereocenters. The maximum absolute atomic E-state index is 13.5. The molecule has 4 atom stereocenters. The van der Waals surface area contributed by atoms with E-state index in [1.165, 1.54) is 0 Å². The maximum Gasteiger partial charge on any atom is 0.408 e. The first-order valence-corrected chi connectivity index (χ1v) is 13.4. The first-order chi connectivity index (χ1) is 19.0. The molecule has 216 valence electrons. The van der Waals surface area contributed by atoms with Crippen molar-refractivity contribution < 1.29 is 28.7 Å². The van der Waals surface area contributed by atoms with E-state index in [2.05, 4.69) is 26.3 Å². The smallest absolute Gasteiger partial charge is 0.408 e. The number of benzene rings is 1. The predicted octanol–water partition coefficient (Wildman–Crippen LogP) is 2.36. The molecule has 0 bridgehead atoms. The van der Waals surface area contributed by atoms with Gasteiger partial charge < -0.3 is 35.7 Å². The summed E-state index contributed by atoms with van der Waals surface area (Å²) in [6.07, 6.45) is -1.23. The van der Waals surface area contributed by atoms with Crippen molar-refractivity contribution >= 4 is 34.7 Å². The van der Waals surface area contributed by atoms with Crippen LogP contribution in [0.4, 0.5) is 4.79 Å². The molecule has 12 nitrogen and oxygen atoms in total. The third-order valence-electron chi connectivity index (χ3n) is 6.58. The average molecular weight is 555 g/mol. The lowest BCUT2D eigenvalue weighted by atomic mass is 9.94. The molecule has 0 spiro atoms. The summed E-state index contributed by atoms with van der Waals surface area (Å²) in [5.74, 6) is -1.05. The second kappa shape index (κ2) is 13.7. The van der Waals surface area contributed by atoms with E-state index in [9.17, 15) is 24.4 Å². The van der Waals surface area contributed by atoms with Crippen LogP contribution in [0.25, 0.3) is 10.9 Å². The lowest BCUT2D eigenvalue weighted by Crippen LogP contribution is -2.54. The van der Waals surface area contributed by atoms with Gasteiger partial charge in [-0.3, -0.25) is 14.4 Å². The molecule has 1 aliphatic heterocycles. The van der Waals surface area contributed by atoms with Crippen LogP contribution >= 0.6 is 0 Å². The zero-order valence-electron chi connectivity index (χ0n) is 23.5. The molecular weight excluding hydrogens is 516 g/mol. The SMILES string of the molecule is COc1cccc2[nH]c(C(=O)NC(CC(C)C)C(=O)NC(CC3CCNC3=O)C(C#N)OC(=O)NC(C)C)cc12. The van der Waals surface area contributed by atoms with E-state index >= 15 is 0 Å². The summed E-state index contributed by atoms with van der Waals surface area (Å²) in [7, 11) is 1.54. The van der Waals surface area contributed by atoms with Gasteiger partial charge in [0, 0.05) is 29.4 Å². The van der Waals surface area contributed by atoms with Crippen molar-refractivity contribution in [2.75, 3.05) is 13.7 Å². The summed E-state index contributed by atoms with van der Waals surface area (Å²) in [6.45, 7) is 7.80. The molecule has 40 heavy (non-hydrogen) atoms. The van der Waals surface area contributed by atoms with E-state index in [1.807, 2.05) is 26.0 Å². The molecule has 2 aromatic rings. The molecule has 1 saturated heterocycles. The fourth-order valence-corrected chi connectivity index (χ4v) is 4.67. The van der Waals surface area contributed by atoms with Crippen LogP contribution in [0.3, 0.4) is 0 Å². The number of fused-ring (bicyclic) bond motifs is 1. The van der Waals surface area contributed by atoms with Crippen LogP contribution in [-0.4, -0.2) is 66.7 Å². The number of hydrogen-bond acceptors (Lipinski definition) is 7. The van der Waals surface area contributed by atoms with Gasteiger partial charge >= 0.3 is 6.09 Å². The fourth-order valence-electron chi connectivity index (χ4n) is 4.67. The Morgan fingerprint density at radius 2 is 1.90 bits per heavy atom. The number of H-pyrrole nitrogens is 1. The van der Waals surface area contributed by atoms with Gasteiger partial charge in [0.25, 0.3) is 5.91 Å². The number of amides is 4. The minimum Gasteiger partial charge on any atom is -0.496 e. The van der Waals surface area contributed by atoms with E-state index in [0.29, 0.717) is 30.7 Å². The Bertz CT molecular complexity index is 1270. The van der Waals surface area contributed by atoms with Crippen molar-refractivity contribution in [3.05, 3.63) is 30.0 Å². The molecule has 2 heterocycles. The highest BCUT2D eigenvalue weighted by molar-refractivity contribution is 6.01. The van der Waals surface area contributed by atoms with E-state index in [0.717, 1.165) is 5.39 Å². The van der Waals surface area contributed by atoms with Crippen LogP contribution in [0.5, 0.6) is 5.75 Å². The monoisotopic (exact) mass is 554 g/mol. The van der Waals surface area contributed by atoms with Gasteiger partial charge in [0.1, 0.15) is 23.6 Å². The van der Waals surface area contributed by atoms with Gasteiger partial charge in [0.2, 0.25) is 17.9 Å². The Morgan fingerprint density at radius 3 is 2.50 bits per heavy atom. The third kappa shape index (κ3) is 7.88. The Morgan fingerprint density at radius 1 is 1.15 bits per heavy atom. The lowest BCUT2D eigenvalue weighted by molar-refractivity contribution is -0.126. The van der Waals surface area contributed by atoms with Crippen LogP contribution in [0, 0.1) is 23.2 Å². The van der Waals surface area contributed by atoms with Gasteiger partial charge in [0.05, 0.1) is 13.2 Å². The number of nitrogens with one attached hydrogen (secondary N) is 5. The largest absolute Gasteiger partial charge is 0.496 e. The first kappa shape index (κ1) is 30.3. The van der Waals surface area contributed by atoms with Crippen LogP contribution in [0.1, 0.15) is 57.4 Å². The number of carbonyl (C=O) groups is 4. The van der Waals surface area contributed by atoms with Crippen molar-refractivity contribution in [2.24, 2.45) is 11.8 Å². The predicted molar refractivity (Wildman–Crippen MR) is 147 cm³/mol. The Kier molecular flexibility index (Phi) is 10.4. The molecule has 0 saturated carbocycles. The van der Waals surface area contributed by atoms with Crippen LogP contribution in [-0.2, 0) is 14.3 Å². The van der Waals surface area contributed by atoms with Crippen molar-refractivity contribution in [3.8, 4) is 11.8 Å². The van der Waals surface area contributed by atoms with Crippen LogP contribution in [0.15, 0.2) is 24.3 Å². The molecule has 1 aromatic carbocycles. The van der Waals surface area contributed by atoms with Crippen molar-refractivity contribution in [2.45, 2.75) is 71.2 Å². The Balaban J connectivity index is 1.81. The number of aromatic amines is 1. The summed E-state index contributed by atoms with van der Waals surface area (Å²) < 4.78 is 10.7. The van der Waals surface area contributed by atoms with Crippen LogP contribution in [0.2, 0.25) is 0 Å². The summed E-state index contributed by atoms with van der Waals surface area (Å²) in [6, 6.07) is 6.83. The molecule has 3 rings (SSSR count). The second-order valence-corrected chi connectivity index (χ2v) is 10.6.